The highest BCUT2D eigenvalue weighted by Gasteiger charge is 2.20. The molecule has 0 spiro atoms. The van der Waals surface area contributed by atoms with E-state index < -0.39 is 10.0 Å². The monoisotopic (exact) mass is 420 g/mol. The van der Waals surface area contributed by atoms with Crippen LogP contribution in [-0.2, 0) is 14.8 Å². The molecule has 0 aliphatic heterocycles. The van der Waals surface area contributed by atoms with E-state index in [1.165, 1.54) is 4.90 Å². The smallest absolute Gasteiger partial charge is 0.240 e. The van der Waals surface area contributed by atoms with Gasteiger partial charge in [-0.3, -0.25) is 9.10 Å². The molecule has 0 saturated heterocycles. The van der Waals surface area contributed by atoms with Gasteiger partial charge in [0.05, 0.1) is 11.9 Å². The van der Waals surface area contributed by atoms with Crippen LogP contribution >= 0.6 is 11.8 Å². The summed E-state index contributed by atoms with van der Waals surface area (Å²) in [5.41, 5.74) is 1.62. The molecule has 7 heteroatoms. The van der Waals surface area contributed by atoms with Gasteiger partial charge in [0.15, 0.2) is 0 Å². The molecule has 1 amide bonds. The number of sulfonamides is 1. The fourth-order valence-electron chi connectivity index (χ4n) is 2.62. The molecule has 0 atom stereocenters. The Kier molecular flexibility index (Phi) is 8.38. The summed E-state index contributed by atoms with van der Waals surface area (Å²) in [4.78, 5) is 13.5. The predicted molar refractivity (Wildman–Crippen MR) is 118 cm³/mol. The van der Waals surface area contributed by atoms with Crippen LogP contribution in [0.5, 0.6) is 0 Å². The number of amides is 1. The standard InChI is InChI=1S/C21H28N2O3S2/c1-17(2)18-10-12-19(13-11-18)23(28(3,25)26)16-21(24)22-14-7-15-27-20-8-5-4-6-9-20/h4-6,8-13,17H,7,14-16H2,1-3H3,(H,22,24). The van der Waals surface area contributed by atoms with Crippen molar-refractivity contribution in [2.24, 2.45) is 0 Å². The molecule has 152 valence electrons. The Hall–Kier alpha value is -1.99. The van der Waals surface area contributed by atoms with Crippen LogP contribution in [0.3, 0.4) is 0 Å². The maximum Gasteiger partial charge on any atom is 0.240 e. The van der Waals surface area contributed by atoms with Crippen molar-refractivity contribution in [3.05, 3.63) is 60.2 Å². The van der Waals surface area contributed by atoms with E-state index in [1.54, 1.807) is 23.9 Å². The SMILES string of the molecule is CC(C)c1ccc(N(CC(=O)NCCCSc2ccccc2)S(C)(=O)=O)cc1. The van der Waals surface area contributed by atoms with Crippen molar-refractivity contribution < 1.29 is 13.2 Å². The molecule has 0 aliphatic carbocycles. The summed E-state index contributed by atoms with van der Waals surface area (Å²) in [5.74, 6) is 0.942. The van der Waals surface area contributed by atoms with E-state index in [-0.39, 0.29) is 12.5 Å². The number of benzene rings is 2. The van der Waals surface area contributed by atoms with Crippen molar-refractivity contribution in [3.8, 4) is 0 Å². The molecule has 0 fully saturated rings. The van der Waals surface area contributed by atoms with Crippen LogP contribution in [0.4, 0.5) is 5.69 Å². The summed E-state index contributed by atoms with van der Waals surface area (Å²) in [6.45, 7) is 4.45. The number of hydrogen-bond donors (Lipinski definition) is 1. The summed E-state index contributed by atoms with van der Waals surface area (Å²) < 4.78 is 25.5. The normalized spacial score (nSPS) is 11.4. The second-order valence-electron chi connectivity index (χ2n) is 6.88. The van der Waals surface area contributed by atoms with Gasteiger partial charge in [0.1, 0.15) is 6.54 Å². The molecule has 1 N–H and O–H groups in total. The van der Waals surface area contributed by atoms with E-state index in [2.05, 4.69) is 31.3 Å². The molecule has 0 radical (unpaired) electrons. The summed E-state index contributed by atoms with van der Waals surface area (Å²) in [6.07, 6.45) is 1.93. The average Bonchev–Trinajstić information content (AvgIpc) is 2.66. The highest BCUT2D eigenvalue weighted by Crippen LogP contribution is 2.22. The lowest BCUT2D eigenvalue weighted by Crippen LogP contribution is -2.40. The maximum atomic E-state index is 12.3. The lowest BCUT2D eigenvalue weighted by molar-refractivity contribution is -0.119. The first kappa shape index (κ1) is 22.3. The summed E-state index contributed by atoms with van der Waals surface area (Å²) >= 11 is 1.73. The first-order chi connectivity index (χ1) is 13.3. The molecular formula is C21H28N2O3S2. The summed E-state index contributed by atoms with van der Waals surface area (Å²) in [7, 11) is -3.55. The van der Waals surface area contributed by atoms with Gasteiger partial charge in [-0.2, -0.15) is 0 Å². The number of rotatable bonds is 10. The molecule has 0 aromatic heterocycles. The van der Waals surface area contributed by atoms with Crippen molar-refractivity contribution in [1.29, 1.82) is 0 Å². The zero-order chi connectivity index (χ0) is 20.6. The number of nitrogens with zero attached hydrogens (tertiary/aromatic N) is 1. The van der Waals surface area contributed by atoms with Crippen molar-refractivity contribution in [1.82, 2.24) is 5.32 Å². The minimum atomic E-state index is -3.55. The quantitative estimate of drug-likeness (QED) is 0.468. The molecule has 5 nitrogen and oxygen atoms in total. The number of hydrogen-bond acceptors (Lipinski definition) is 4. The highest BCUT2D eigenvalue weighted by molar-refractivity contribution is 7.99. The number of carbonyl (C=O) groups is 1. The predicted octanol–water partition coefficient (Wildman–Crippen LogP) is 3.87. The Labute approximate surface area is 172 Å². The fraction of sp³-hybridized carbons (Fsp3) is 0.381. The van der Waals surface area contributed by atoms with Gasteiger partial charge in [-0.1, -0.05) is 44.2 Å². The average molecular weight is 421 g/mol. The maximum absolute atomic E-state index is 12.3. The molecule has 0 unspecified atom stereocenters. The third kappa shape index (κ3) is 7.20. The van der Waals surface area contributed by atoms with Gasteiger partial charge < -0.3 is 5.32 Å². The Morgan fingerprint density at radius 3 is 2.29 bits per heavy atom. The van der Waals surface area contributed by atoms with Gasteiger partial charge in [-0.05, 0) is 47.9 Å². The third-order valence-electron chi connectivity index (χ3n) is 4.19. The van der Waals surface area contributed by atoms with Crippen LogP contribution < -0.4 is 9.62 Å². The van der Waals surface area contributed by atoms with E-state index in [1.807, 2.05) is 30.3 Å². The molecule has 0 heterocycles. The molecule has 2 rings (SSSR count). The van der Waals surface area contributed by atoms with Crippen molar-refractivity contribution in [2.45, 2.75) is 31.1 Å². The Bertz CT molecular complexity index is 851. The van der Waals surface area contributed by atoms with Gasteiger partial charge in [-0.25, -0.2) is 8.42 Å². The van der Waals surface area contributed by atoms with Crippen LogP contribution in [0, 0.1) is 0 Å². The number of carbonyl (C=O) groups excluding carboxylic acids is 1. The lowest BCUT2D eigenvalue weighted by Gasteiger charge is -2.22. The Balaban J connectivity index is 1.85. The minimum Gasteiger partial charge on any atom is -0.354 e. The van der Waals surface area contributed by atoms with Crippen LogP contribution in [0.2, 0.25) is 0 Å². The molecule has 0 bridgehead atoms. The van der Waals surface area contributed by atoms with Crippen LogP contribution in [0.1, 0.15) is 31.7 Å². The largest absolute Gasteiger partial charge is 0.354 e. The first-order valence-corrected chi connectivity index (χ1v) is 12.1. The minimum absolute atomic E-state index is 0.217. The van der Waals surface area contributed by atoms with Crippen molar-refractivity contribution >= 4 is 33.4 Å². The number of thioether (sulfide) groups is 1. The third-order valence-corrected chi connectivity index (χ3v) is 6.43. The second kappa shape index (κ2) is 10.5. The van der Waals surface area contributed by atoms with E-state index in [9.17, 15) is 13.2 Å². The molecule has 2 aromatic rings. The topological polar surface area (TPSA) is 66.5 Å². The summed E-state index contributed by atoms with van der Waals surface area (Å²) in [6, 6.07) is 17.4. The highest BCUT2D eigenvalue weighted by atomic mass is 32.2. The van der Waals surface area contributed by atoms with Gasteiger partial charge in [0.25, 0.3) is 0 Å². The van der Waals surface area contributed by atoms with E-state index in [4.69, 9.17) is 0 Å². The molecule has 2 aromatic carbocycles. The van der Waals surface area contributed by atoms with Crippen LogP contribution in [0.15, 0.2) is 59.5 Å². The van der Waals surface area contributed by atoms with E-state index in [0.717, 1.165) is 28.3 Å². The van der Waals surface area contributed by atoms with Crippen LogP contribution in [-0.4, -0.2) is 39.4 Å². The van der Waals surface area contributed by atoms with Gasteiger partial charge >= 0.3 is 0 Å². The zero-order valence-corrected chi connectivity index (χ0v) is 18.2. The molecule has 28 heavy (non-hydrogen) atoms. The Morgan fingerprint density at radius 2 is 1.71 bits per heavy atom. The van der Waals surface area contributed by atoms with E-state index in [0.29, 0.717) is 18.2 Å². The number of anilines is 1. The second-order valence-corrected chi connectivity index (χ2v) is 9.96. The van der Waals surface area contributed by atoms with Crippen LogP contribution in [0.25, 0.3) is 0 Å². The fourth-order valence-corrected chi connectivity index (χ4v) is 4.35. The molecule has 0 saturated carbocycles. The molecular weight excluding hydrogens is 392 g/mol. The van der Waals surface area contributed by atoms with Crippen molar-refractivity contribution in [2.75, 3.05) is 29.4 Å². The Morgan fingerprint density at radius 1 is 1.07 bits per heavy atom. The zero-order valence-electron chi connectivity index (χ0n) is 16.6. The van der Waals surface area contributed by atoms with Gasteiger partial charge in [0, 0.05) is 11.4 Å². The first-order valence-electron chi connectivity index (χ1n) is 9.29. The lowest BCUT2D eigenvalue weighted by atomic mass is 10.0. The van der Waals surface area contributed by atoms with Gasteiger partial charge in [-0.15, -0.1) is 11.8 Å². The van der Waals surface area contributed by atoms with Gasteiger partial charge in [0.2, 0.25) is 15.9 Å². The molecule has 0 aliphatic rings. The van der Waals surface area contributed by atoms with Crippen molar-refractivity contribution in [3.63, 3.8) is 0 Å². The van der Waals surface area contributed by atoms with E-state index >= 15 is 0 Å². The summed E-state index contributed by atoms with van der Waals surface area (Å²) in [5, 5.41) is 2.81. The number of nitrogens with one attached hydrogen (secondary N) is 1.